The number of benzene rings is 1. The number of β-amino-alcohol motifs (C(OH)–C–C–N with tert-alkyl or cyclic N) is 1. The Hall–Kier alpha value is -2.38. The van der Waals surface area contributed by atoms with E-state index in [2.05, 4.69) is 9.88 Å². The number of imidazole rings is 1. The summed E-state index contributed by atoms with van der Waals surface area (Å²) in [4.78, 5) is 17.1. The lowest BCUT2D eigenvalue weighted by Gasteiger charge is -2.17. The second kappa shape index (κ2) is 7.02. The molecule has 0 radical (unpaired) electrons. The van der Waals surface area contributed by atoms with Crippen LogP contribution in [-0.2, 0) is 24.8 Å². The Morgan fingerprint density at radius 1 is 1.33 bits per heavy atom. The van der Waals surface area contributed by atoms with Crippen LogP contribution >= 0.6 is 0 Å². The third-order valence-corrected chi connectivity index (χ3v) is 4.16. The standard InChI is InChI=1S/C17H21N3O4/c1-19-7-6-18-16(19)11-20-9-14(21)15(10-20)24-13-4-2-12(3-5-13)8-17(22)23/h2-7,14-15,21H,8-11H2,1H3,(H,22,23)/t14-,15-/m1/s1. The molecule has 2 heterocycles. The minimum absolute atomic E-state index is 0.0101. The molecule has 2 N–H and O–H groups in total. The van der Waals surface area contributed by atoms with E-state index in [0.29, 0.717) is 25.4 Å². The van der Waals surface area contributed by atoms with Crippen LogP contribution in [0.5, 0.6) is 5.75 Å². The van der Waals surface area contributed by atoms with E-state index in [1.54, 1.807) is 30.5 Å². The van der Waals surface area contributed by atoms with Gasteiger partial charge in [-0.1, -0.05) is 12.1 Å². The topological polar surface area (TPSA) is 87.8 Å². The summed E-state index contributed by atoms with van der Waals surface area (Å²) in [6.45, 7) is 1.82. The molecule has 0 aliphatic carbocycles. The number of aromatic nitrogens is 2. The Morgan fingerprint density at radius 2 is 2.08 bits per heavy atom. The molecule has 0 bridgehead atoms. The number of aliphatic carboxylic acids is 1. The summed E-state index contributed by atoms with van der Waals surface area (Å²) in [5.74, 6) is 0.715. The monoisotopic (exact) mass is 331 g/mol. The number of carboxylic acid groups (broad SMARTS) is 1. The van der Waals surface area contributed by atoms with Gasteiger partial charge in [0.15, 0.2) is 0 Å². The molecule has 0 unspecified atom stereocenters. The van der Waals surface area contributed by atoms with E-state index < -0.39 is 12.1 Å². The molecule has 24 heavy (non-hydrogen) atoms. The van der Waals surface area contributed by atoms with Gasteiger partial charge in [0.1, 0.15) is 23.8 Å². The van der Waals surface area contributed by atoms with E-state index in [1.165, 1.54) is 0 Å². The quantitative estimate of drug-likeness (QED) is 0.809. The number of aryl methyl sites for hydroxylation is 1. The minimum Gasteiger partial charge on any atom is -0.486 e. The molecule has 7 nitrogen and oxygen atoms in total. The molecule has 1 fully saturated rings. The zero-order chi connectivity index (χ0) is 17.1. The average molecular weight is 331 g/mol. The largest absolute Gasteiger partial charge is 0.486 e. The molecule has 0 saturated carbocycles. The Bertz CT molecular complexity index is 698. The number of ether oxygens (including phenoxy) is 1. The molecule has 0 amide bonds. The number of aliphatic hydroxyl groups excluding tert-OH is 1. The van der Waals surface area contributed by atoms with Crippen LogP contribution in [0.2, 0.25) is 0 Å². The number of hydrogen-bond acceptors (Lipinski definition) is 5. The van der Waals surface area contributed by atoms with Crippen molar-refractivity contribution in [3.8, 4) is 5.75 Å². The molecular formula is C17H21N3O4. The lowest BCUT2D eigenvalue weighted by molar-refractivity contribution is -0.136. The second-order valence-electron chi connectivity index (χ2n) is 6.09. The number of likely N-dealkylation sites (tertiary alicyclic amines) is 1. The van der Waals surface area contributed by atoms with Crippen LogP contribution in [0.25, 0.3) is 0 Å². The first-order chi connectivity index (χ1) is 11.5. The van der Waals surface area contributed by atoms with Crippen LogP contribution in [0.15, 0.2) is 36.7 Å². The first-order valence-electron chi connectivity index (χ1n) is 7.85. The summed E-state index contributed by atoms with van der Waals surface area (Å²) >= 11 is 0. The maximum atomic E-state index is 10.7. The van der Waals surface area contributed by atoms with Gasteiger partial charge in [0.2, 0.25) is 0 Å². The number of rotatable bonds is 6. The first-order valence-corrected chi connectivity index (χ1v) is 7.85. The number of nitrogens with zero attached hydrogens (tertiary/aromatic N) is 3. The number of carboxylic acids is 1. The highest BCUT2D eigenvalue weighted by atomic mass is 16.5. The molecular weight excluding hydrogens is 310 g/mol. The number of aliphatic hydroxyl groups is 1. The first kappa shape index (κ1) is 16.5. The highest BCUT2D eigenvalue weighted by Crippen LogP contribution is 2.21. The molecule has 7 heteroatoms. The van der Waals surface area contributed by atoms with Crippen molar-refractivity contribution in [2.24, 2.45) is 7.05 Å². The fourth-order valence-corrected chi connectivity index (χ4v) is 2.86. The fourth-order valence-electron chi connectivity index (χ4n) is 2.86. The summed E-state index contributed by atoms with van der Waals surface area (Å²) in [5, 5.41) is 19.0. The number of hydrogen-bond donors (Lipinski definition) is 2. The van der Waals surface area contributed by atoms with Gasteiger partial charge in [0.05, 0.1) is 13.0 Å². The summed E-state index contributed by atoms with van der Waals surface area (Å²) in [7, 11) is 1.95. The van der Waals surface area contributed by atoms with Crippen LogP contribution in [0.4, 0.5) is 0 Å². The Kier molecular flexibility index (Phi) is 4.82. The van der Waals surface area contributed by atoms with E-state index in [9.17, 15) is 9.90 Å². The van der Waals surface area contributed by atoms with Crippen molar-refractivity contribution in [1.82, 2.24) is 14.5 Å². The van der Waals surface area contributed by atoms with Crippen LogP contribution in [0.3, 0.4) is 0 Å². The summed E-state index contributed by atoms with van der Waals surface area (Å²) in [6, 6.07) is 6.95. The van der Waals surface area contributed by atoms with Crippen LogP contribution in [0.1, 0.15) is 11.4 Å². The zero-order valence-corrected chi connectivity index (χ0v) is 13.5. The van der Waals surface area contributed by atoms with Gasteiger partial charge in [-0.2, -0.15) is 0 Å². The maximum absolute atomic E-state index is 10.7. The SMILES string of the molecule is Cn1ccnc1CN1C[C@@H](O)[C@H](Oc2ccc(CC(=O)O)cc2)C1. The van der Waals surface area contributed by atoms with E-state index >= 15 is 0 Å². The van der Waals surface area contributed by atoms with Gasteiger partial charge in [-0.25, -0.2) is 4.98 Å². The molecule has 1 aliphatic rings. The predicted molar refractivity (Wildman–Crippen MR) is 86.7 cm³/mol. The van der Waals surface area contributed by atoms with Gasteiger partial charge in [-0.3, -0.25) is 9.69 Å². The van der Waals surface area contributed by atoms with Crippen molar-refractivity contribution in [3.05, 3.63) is 48.0 Å². The second-order valence-corrected chi connectivity index (χ2v) is 6.09. The fraction of sp³-hybridized carbons (Fsp3) is 0.412. The van der Waals surface area contributed by atoms with Gasteiger partial charge in [-0.15, -0.1) is 0 Å². The van der Waals surface area contributed by atoms with Crippen LogP contribution in [-0.4, -0.2) is 55.9 Å². The van der Waals surface area contributed by atoms with Gasteiger partial charge < -0.3 is 19.5 Å². The molecule has 1 saturated heterocycles. The van der Waals surface area contributed by atoms with Gasteiger partial charge in [0.25, 0.3) is 0 Å². The maximum Gasteiger partial charge on any atom is 0.307 e. The van der Waals surface area contributed by atoms with E-state index in [4.69, 9.17) is 9.84 Å². The smallest absolute Gasteiger partial charge is 0.307 e. The average Bonchev–Trinajstić information content (AvgIpc) is 3.08. The molecule has 128 valence electrons. The van der Waals surface area contributed by atoms with Crippen molar-refractivity contribution in [2.45, 2.75) is 25.2 Å². The molecule has 1 aromatic carbocycles. The minimum atomic E-state index is -0.861. The summed E-state index contributed by atoms with van der Waals surface area (Å²) < 4.78 is 7.82. The van der Waals surface area contributed by atoms with Gasteiger partial charge in [0, 0.05) is 32.5 Å². The predicted octanol–water partition coefficient (Wildman–Crippen LogP) is 0.671. The molecule has 3 rings (SSSR count). The van der Waals surface area contributed by atoms with Crippen molar-refractivity contribution < 1.29 is 19.7 Å². The van der Waals surface area contributed by atoms with Crippen LogP contribution < -0.4 is 4.74 Å². The van der Waals surface area contributed by atoms with E-state index in [1.807, 2.05) is 17.8 Å². The Labute approximate surface area is 140 Å². The summed E-state index contributed by atoms with van der Waals surface area (Å²) in [6.07, 6.45) is 2.77. The molecule has 1 aromatic heterocycles. The highest BCUT2D eigenvalue weighted by Gasteiger charge is 2.33. The third kappa shape index (κ3) is 3.93. The molecule has 2 aromatic rings. The van der Waals surface area contributed by atoms with E-state index in [-0.39, 0.29) is 12.5 Å². The Balaban J connectivity index is 1.57. The van der Waals surface area contributed by atoms with E-state index in [0.717, 1.165) is 11.4 Å². The van der Waals surface area contributed by atoms with Crippen molar-refractivity contribution >= 4 is 5.97 Å². The number of carbonyl (C=O) groups is 1. The summed E-state index contributed by atoms with van der Waals surface area (Å²) in [5.41, 5.74) is 0.721. The molecule has 2 atom stereocenters. The van der Waals surface area contributed by atoms with Crippen molar-refractivity contribution in [3.63, 3.8) is 0 Å². The third-order valence-electron chi connectivity index (χ3n) is 4.16. The van der Waals surface area contributed by atoms with Crippen LogP contribution in [0, 0.1) is 0 Å². The molecule has 0 spiro atoms. The Morgan fingerprint density at radius 3 is 2.71 bits per heavy atom. The lowest BCUT2D eigenvalue weighted by Crippen LogP contribution is -2.30. The van der Waals surface area contributed by atoms with Gasteiger partial charge >= 0.3 is 5.97 Å². The normalized spacial score (nSPS) is 21.1. The molecule has 1 aliphatic heterocycles. The van der Waals surface area contributed by atoms with Crippen molar-refractivity contribution in [1.29, 1.82) is 0 Å². The van der Waals surface area contributed by atoms with Crippen molar-refractivity contribution in [2.75, 3.05) is 13.1 Å². The van der Waals surface area contributed by atoms with Gasteiger partial charge in [-0.05, 0) is 17.7 Å². The zero-order valence-electron chi connectivity index (χ0n) is 13.5. The highest BCUT2D eigenvalue weighted by molar-refractivity contribution is 5.70. The lowest BCUT2D eigenvalue weighted by atomic mass is 10.1.